The fourth-order valence-corrected chi connectivity index (χ4v) is 2.72. The number of aliphatic imine (C=N–C) groups is 1. The molecule has 0 aromatic heterocycles. The molecule has 0 N–H and O–H groups in total. The average Bonchev–Trinajstić information content (AvgIpc) is 2.61. The zero-order valence-corrected chi connectivity index (χ0v) is 14.1. The van der Waals surface area contributed by atoms with Crippen LogP contribution >= 0.6 is 0 Å². The van der Waals surface area contributed by atoms with E-state index in [4.69, 9.17) is 9.47 Å². The van der Waals surface area contributed by atoms with Crippen molar-refractivity contribution < 1.29 is 9.47 Å². The van der Waals surface area contributed by atoms with Gasteiger partial charge in [-0.1, -0.05) is 66.7 Å². The first-order valence-corrected chi connectivity index (χ1v) is 8.26. The van der Waals surface area contributed by atoms with Crippen molar-refractivity contribution in [3.63, 3.8) is 0 Å². The minimum Gasteiger partial charge on any atom is -0.348 e. The summed E-state index contributed by atoms with van der Waals surface area (Å²) in [5.74, 6) is -0.591. The second-order valence-corrected chi connectivity index (χ2v) is 6.30. The second-order valence-electron chi connectivity index (χ2n) is 6.30. The molecule has 0 unspecified atom stereocenters. The summed E-state index contributed by atoms with van der Waals surface area (Å²) in [6.07, 6.45) is 5.72. The van der Waals surface area contributed by atoms with Crippen molar-refractivity contribution in [3.8, 4) is 0 Å². The molecule has 3 nitrogen and oxygen atoms in total. The molecular weight excluding hydrogens is 298 g/mol. The Bertz CT molecular complexity index is 692. The molecule has 0 aliphatic carbocycles. The number of allylic oxidation sites excluding steroid dienone is 1. The number of rotatable bonds is 4. The molecule has 24 heavy (non-hydrogen) atoms. The van der Waals surface area contributed by atoms with E-state index in [1.165, 1.54) is 0 Å². The van der Waals surface area contributed by atoms with Crippen LogP contribution in [0.15, 0.2) is 71.7 Å². The predicted octanol–water partition coefficient (Wildman–Crippen LogP) is 4.66. The smallest absolute Gasteiger partial charge is 0.163 e. The molecule has 0 spiro atoms. The summed E-state index contributed by atoms with van der Waals surface area (Å²) in [5.41, 5.74) is 2.28. The maximum atomic E-state index is 6.13. The highest BCUT2D eigenvalue weighted by Gasteiger charge is 2.36. The number of ether oxygens (including phenoxy) is 2. The van der Waals surface area contributed by atoms with E-state index in [9.17, 15) is 0 Å². The van der Waals surface area contributed by atoms with Crippen molar-refractivity contribution in [3.05, 3.63) is 77.9 Å². The molecule has 2 aromatic rings. The normalized spacial score (nSPS) is 23.8. The van der Waals surface area contributed by atoms with E-state index >= 15 is 0 Å². The lowest BCUT2D eigenvalue weighted by atomic mass is 10.0. The lowest BCUT2D eigenvalue weighted by Gasteiger charge is -2.39. The van der Waals surface area contributed by atoms with E-state index in [2.05, 4.69) is 29.3 Å². The van der Waals surface area contributed by atoms with Crippen molar-refractivity contribution in [1.29, 1.82) is 0 Å². The monoisotopic (exact) mass is 321 g/mol. The Balaban J connectivity index is 1.72. The van der Waals surface area contributed by atoms with Crippen LogP contribution in [0.2, 0.25) is 0 Å². The van der Waals surface area contributed by atoms with Gasteiger partial charge in [0.25, 0.3) is 0 Å². The van der Waals surface area contributed by atoms with E-state index in [0.717, 1.165) is 11.1 Å². The Hall–Kier alpha value is -2.23. The van der Waals surface area contributed by atoms with Crippen LogP contribution in [0.3, 0.4) is 0 Å². The Morgan fingerprint density at radius 3 is 2.38 bits per heavy atom. The molecule has 0 amide bonds. The van der Waals surface area contributed by atoms with Gasteiger partial charge in [0.15, 0.2) is 5.79 Å². The van der Waals surface area contributed by atoms with Crippen LogP contribution in [0.25, 0.3) is 6.08 Å². The van der Waals surface area contributed by atoms with Crippen LogP contribution in [0.5, 0.6) is 0 Å². The van der Waals surface area contributed by atoms with Crippen LogP contribution in [0, 0.1) is 0 Å². The third-order valence-electron chi connectivity index (χ3n) is 3.94. The topological polar surface area (TPSA) is 30.8 Å². The minimum atomic E-state index is -0.591. The summed E-state index contributed by atoms with van der Waals surface area (Å²) in [6, 6.07) is 20.3. The van der Waals surface area contributed by atoms with Gasteiger partial charge in [-0.15, -0.1) is 0 Å². The molecule has 124 valence electrons. The fraction of sp³-hybridized carbons (Fsp3) is 0.286. The minimum absolute atomic E-state index is 0.0548. The van der Waals surface area contributed by atoms with Crippen LogP contribution < -0.4 is 0 Å². The molecule has 1 aliphatic heterocycles. The molecule has 0 radical (unpaired) electrons. The van der Waals surface area contributed by atoms with Gasteiger partial charge in [0.2, 0.25) is 0 Å². The van der Waals surface area contributed by atoms with Crippen LogP contribution in [-0.2, 0) is 9.47 Å². The zero-order valence-electron chi connectivity index (χ0n) is 14.1. The van der Waals surface area contributed by atoms with Crippen molar-refractivity contribution in [2.45, 2.75) is 31.8 Å². The first-order chi connectivity index (χ1) is 11.6. The lowest BCUT2D eigenvalue weighted by molar-refractivity contribution is -0.281. The standard InChI is InChI=1S/C21H23NO2/c1-21(2)23-16-19(20(24-21)18-13-7-4-8-14-18)22-15-9-12-17-10-5-3-6-11-17/h3-15,19-20H,16H2,1-2H3/b12-9+,22-15?/t19-,20-/m0/s1. The maximum Gasteiger partial charge on any atom is 0.163 e. The molecule has 1 heterocycles. The first kappa shape index (κ1) is 16.6. The molecular formula is C21H23NO2. The number of hydrogen-bond acceptors (Lipinski definition) is 3. The molecule has 3 rings (SSSR count). The number of nitrogens with zero attached hydrogens (tertiary/aromatic N) is 1. The van der Waals surface area contributed by atoms with Crippen molar-refractivity contribution in [1.82, 2.24) is 0 Å². The Morgan fingerprint density at radius 1 is 1.00 bits per heavy atom. The highest BCUT2D eigenvalue weighted by molar-refractivity contribution is 5.78. The third-order valence-corrected chi connectivity index (χ3v) is 3.94. The van der Waals surface area contributed by atoms with Crippen LogP contribution in [0.1, 0.15) is 31.1 Å². The Morgan fingerprint density at radius 2 is 1.67 bits per heavy atom. The van der Waals surface area contributed by atoms with E-state index in [-0.39, 0.29) is 12.1 Å². The van der Waals surface area contributed by atoms with Gasteiger partial charge in [0.1, 0.15) is 12.1 Å². The summed E-state index contributed by atoms with van der Waals surface area (Å²) in [5, 5.41) is 0. The van der Waals surface area contributed by atoms with Gasteiger partial charge < -0.3 is 9.47 Å². The van der Waals surface area contributed by atoms with E-state index < -0.39 is 5.79 Å². The van der Waals surface area contributed by atoms with Crippen molar-refractivity contribution in [2.24, 2.45) is 4.99 Å². The fourth-order valence-electron chi connectivity index (χ4n) is 2.72. The molecule has 3 heteroatoms. The van der Waals surface area contributed by atoms with E-state index in [1.807, 2.05) is 68.6 Å². The van der Waals surface area contributed by atoms with Crippen molar-refractivity contribution in [2.75, 3.05) is 6.61 Å². The van der Waals surface area contributed by atoms with E-state index in [0.29, 0.717) is 6.61 Å². The van der Waals surface area contributed by atoms with Crippen LogP contribution in [-0.4, -0.2) is 24.7 Å². The predicted molar refractivity (Wildman–Crippen MR) is 98.1 cm³/mol. The highest BCUT2D eigenvalue weighted by Crippen LogP contribution is 2.34. The summed E-state index contributed by atoms with van der Waals surface area (Å²) in [7, 11) is 0. The molecule has 1 aliphatic rings. The van der Waals surface area contributed by atoms with Gasteiger partial charge in [-0.3, -0.25) is 4.99 Å². The summed E-state index contributed by atoms with van der Waals surface area (Å²) >= 11 is 0. The van der Waals surface area contributed by atoms with Gasteiger partial charge in [-0.2, -0.15) is 0 Å². The van der Waals surface area contributed by atoms with Gasteiger partial charge in [0, 0.05) is 6.21 Å². The highest BCUT2D eigenvalue weighted by atomic mass is 16.7. The van der Waals surface area contributed by atoms with Gasteiger partial charge >= 0.3 is 0 Å². The number of benzene rings is 2. The molecule has 2 aromatic carbocycles. The van der Waals surface area contributed by atoms with Gasteiger partial charge in [-0.05, 0) is 31.1 Å². The zero-order chi connectivity index (χ0) is 16.8. The quantitative estimate of drug-likeness (QED) is 0.767. The Labute approximate surface area is 143 Å². The largest absolute Gasteiger partial charge is 0.348 e. The molecule has 1 fully saturated rings. The third kappa shape index (κ3) is 4.40. The van der Waals surface area contributed by atoms with Crippen molar-refractivity contribution >= 4 is 12.3 Å². The molecule has 0 saturated carbocycles. The second kappa shape index (κ2) is 7.56. The summed E-state index contributed by atoms with van der Waals surface area (Å²) in [6.45, 7) is 4.43. The SMILES string of the molecule is CC1(C)OC[C@H](N=C/C=C/c2ccccc2)[C@H](c2ccccc2)O1. The lowest BCUT2D eigenvalue weighted by Crippen LogP contribution is -2.43. The average molecular weight is 321 g/mol. The summed E-state index contributed by atoms with van der Waals surface area (Å²) < 4.78 is 11.9. The maximum absolute atomic E-state index is 6.13. The molecule has 0 bridgehead atoms. The van der Waals surface area contributed by atoms with E-state index in [1.54, 1.807) is 0 Å². The Kier molecular flexibility index (Phi) is 5.24. The summed E-state index contributed by atoms with van der Waals surface area (Å²) in [4.78, 5) is 4.66. The molecule has 2 atom stereocenters. The van der Waals surface area contributed by atoms with Crippen LogP contribution in [0.4, 0.5) is 0 Å². The molecule has 1 saturated heterocycles. The van der Waals surface area contributed by atoms with Gasteiger partial charge in [0.05, 0.1) is 6.61 Å². The van der Waals surface area contributed by atoms with Gasteiger partial charge in [-0.25, -0.2) is 0 Å². The number of hydrogen-bond donors (Lipinski definition) is 0. The first-order valence-electron chi connectivity index (χ1n) is 8.26.